The van der Waals surface area contributed by atoms with E-state index in [-0.39, 0.29) is 30.4 Å². The van der Waals surface area contributed by atoms with Crippen molar-refractivity contribution in [3.63, 3.8) is 0 Å². The fourth-order valence-electron chi connectivity index (χ4n) is 5.61. The van der Waals surface area contributed by atoms with E-state index in [1.807, 2.05) is 0 Å². The maximum atomic E-state index is 15.0. The number of fused-ring (bicyclic) bond motifs is 1. The highest BCUT2D eigenvalue weighted by Crippen LogP contribution is 2.39. The van der Waals surface area contributed by atoms with Crippen molar-refractivity contribution < 1.29 is 35.9 Å². The van der Waals surface area contributed by atoms with E-state index in [1.54, 1.807) is 22.9 Å². The third-order valence-electron chi connectivity index (χ3n) is 7.22. The summed E-state index contributed by atoms with van der Waals surface area (Å²) >= 11 is 0. The van der Waals surface area contributed by atoms with Gasteiger partial charge in [-0.05, 0) is 56.1 Å². The van der Waals surface area contributed by atoms with Gasteiger partial charge in [0.1, 0.15) is 17.2 Å². The van der Waals surface area contributed by atoms with E-state index >= 15 is 4.39 Å². The van der Waals surface area contributed by atoms with Crippen LogP contribution in [0.4, 0.5) is 26.3 Å². The number of nitrogens with zero attached hydrogens (tertiary/aromatic N) is 3. The number of alkyl halides is 5. The van der Waals surface area contributed by atoms with Crippen LogP contribution in [-0.4, -0.2) is 71.2 Å². The number of piperidine rings is 2. The molecule has 5 rings (SSSR count). The van der Waals surface area contributed by atoms with Gasteiger partial charge in [-0.1, -0.05) is 0 Å². The van der Waals surface area contributed by atoms with Gasteiger partial charge < -0.3 is 14.6 Å². The number of carbonyl (C=O) groups excluding carboxylic acids is 1. The maximum absolute atomic E-state index is 15.0. The van der Waals surface area contributed by atoms with Gasteiger partial charge in [-0.3, -0.25) is 9.69 Å². The molecule has 12 heteroatoms. The second-order valence-electron chi connectivity index (χ2n) is 10.1. The Kier molecular flexibility index (Phi) is 6.79. The molecular formula is C26H26F6N4O2. The highest BCUT2D eigenvalue weighted by molar-refractivity contribution is 5.94. The van der Waals surface area contributed by atoms with Crippen LogP contribution in [0.1, 0.15) is 52.7 Å². The van der Waals surface area contributed by atoms with Crippen molar-refractivity contribution in [2.45, 2.75) is 43.4 Å². The predicted molar refractivity (Wildman–Crippen MR) is 127 cm³/mol. The van der Waals surface area contributed by atoms with Crippen molar-refractivity contribution in [1.29, 1.82) is 0 Å². The molecule has 2 aromatic heterocycles. The van der Waals surface area contributed by atoms with Gasteiger partial charge >= 0.3 is 6.36 Å². The number of nitrogens with one attached hydrogen (secondary N) is 1. The Morgan fingerprint density at radius 2 is 1.82 bits per heavy atom. The van der Waals surface area contributed by atoms with Crippen LogP contribution in [0.25, 0.3) is 11.0 Å². The number of halogens is 6. The first kappa shape index (κ1) is 26.3. The molecular weight excluding hydrogens is 514 g/mol. The number of amides is 1. The van der Waals surface area contributed by atoms with Gasteiger partial charge in [0, 0.05) is 54.2 Å². The largest absolute Gasteiger partial charge is 0.573 e. The number of likely N-dealkylation sites (N-methyl/N-ethyl adjacent to an activating group) is 1. The molecule has 38 heavy (non-hydrogen) atoms. The molecule has 204 valence electrons. The molecule has 1 unspecified atom stereocenters. The third-order valence-corrected chi connectivity index (χ3v) is 7.22. The summed E-state index contributed by atoms with van der Waals surface area (Å²) in [6.45, 7) is 0.795. The van der Waals surface area contributed by atoms with Crippen LogP contribution in [0.2, 0.25) is 0 Å². The Bertz CT molecular complexity index is 1320. The molecule has 1 aromatic carbocycles. The zero-order valence-corrected chi connectivity index (χ0v) is 20.5. The zero-order valence-electron chi connectivity index (χ0n) is 20.5. The van der Waals surface area contributed by atoms with Crippen molar-refractivity contribution >= 4 is 16.9 Å². The number of pyridine rings is 1. The number of rotatable bonds is 4. The first-order chi connectivity index (χ1) is 17.9. The molecule has 0 saturated carbocycles. The standard InChI is InChI=1S/C26H26F6N4O2/c1-35-13-17(11-25(28,29)14-35)21-10-19-22(20(27)12-33-23(19)34-21)15-6-8-36(9-7-15)24(37)16-2-4-18(5-3-16)38-26(30,31)32/h2-5,10,12,15,17H,6-9,11,13-14H2,1H3,(H,33,34). The van der Waals surface area contributed by atoms with E-state index in [2.05, 4.69) is 14.7 Å². The minimum Gasteiger partial charge on any atom is -0.406 e. The molecule has 0 radical (unpaired) electrons. The highest BCUT2D eigenvalue weighted by atomic mass is 19.4. The molecule has 3 aromatic rings. The molecule has 2 saturated heterocycles. The van der Waals surface area contributed by atoms with Gasteiger partial charge in [-0.25, -0.2) is 18.2 Å². The highest BCUT2D eigenvalue weighted by Gasteiger charge is 2.40. The van der Waals surface area contributed by atoms with Crippen LogP contribution in [0.3, 0.4) is 0 Å². The summed E-state index contributed by atoms with van der Waals surface area (Å²) in [6, 6.07) is 6.44. The van der Waals surface area contributed by atoms with Gasteiger partial charge in [0.15, 0.2) is 0 Å². The number of benzene rings is 1. The summed E-state index contributed by atoms with van der Waals surface area (Å²) in [5, 5.41) is 0.557. The van der Waals surface area contributed by atoms with Gasteiger partial charge in [-0.15, -0.1) is 13.2 Å². The van der Waals surface area contributed by atoms with E-state index in [0.29, 0.717) is 54.8 Å². The van der Waals surface area contributed by atoms with Crippen LogP contribution < -0.4 is 4.74 Å². The van der Waals surface area contributed by atoms with Gasteiger partial charge in [-0.2, -0.15) is 0 Å². The lowest BCUT2D eigenvalue weighted by atomic mass is 9.87. The third kappa shape index (κ3) is 5.59. The van der Waals surface area contributed by atoms with Crippen molar-refractivity contribution in [2.75, 3.05) is 33.2 Å². The van der Waals surface area contributed by atoms with E-state index in [0.717, 1.165) is 18.3 Å². The van der Waals surface area contributed by atoms with Crippen molar-refractivity contribution in [3.8, 4) is 5.75 Å². The molecule has 0 spiro atoms. The number of H-pyrrole nitrogens is 1. The lowest BCUT2D eigenvalue weighted by Gasteiger charge is -2.35. The fourth-order valence-corrected chi connectivity index (χ4v) is 5.61. The molecule has 0 bridgehead atoms. The number of hydrogen-bond acceptors (Lipinski definition) is 4. The smallest absolute Gasteiger partial charge is 0.406 e. The zero-order chi connectivity index (χ0) is 27.2. The first-order valence-corrected chi connectivity index (χ1v) is 12.3. The number of carbonyl (C=O) groups is 1. The summed E-state index contributed by atoms with van der Waals surface area (Å²) in [5.74, 6) is -4.72. The number of hydrogen-bond donors (Lipinski definition) is 1. The average Bonchev–Trinajstić information content (AvgIpc) is 3.26. The topological polar surface area (TPSA) is 61.5 Å². The Morgan fingerprint density at radius 3 is 2.45 bits per heavy atom. The minimum absolute atomic E-state index is 0.216. The van der Waals surface area contributed by atoms with Crippen molar-refractivity contribution in [1.82, 2.24) is 19.8 Å². The average molecular weight is 541 g/mol. The monoisotopic (exact) mass is 540 g/mol. The predicted octanol–water partition coefficient (Wildman–Crippen LogP) is 5.67. The molecule has 2 aliphatic rings. The molecule has 1 amide bonds. The normalized spacial score (nSPS) is 21.1. The van der Waals surface area contributed by atoms with E-state index in [9.17, 15) is 26.7 Å². The molecule has 0 aliphatic carbocycles. The maximum Gasteiger partial charge on any atom is 0.573 e. The van der Waals surface area contributed by atoms with Crippen molar-refractivity contribution in [2.24, 2.45) is 0 Å². The van der Waals surface area contributed by atoms with Crippen LogP contribution in [0.5, 0.6) is 5.75 Å². The number of aromatic nitrogens is 2. The van der Waals surface area contributed by atoms with Gasteiger partial charge in [0.05, 0.1) is 12.7 Å². The van der Waals surface area contributed by atoms with Crippen LogP contribution in [0.15, 0.2) is 36.5 Å². The summed E-state index contributed by atoms with van der Waals surface area (Å²) in [7, 11) is 1.64. The number of likely N-dealkylation sites (tertiary alicyclic amines) is 2. The van der Waals surface area contributed by atoms with E-state index < -0.39 is 29.8 Å². The molecule has 1 atom stereocenters. The second-order valence-corrected chi connectivity index (χ2v) is 10.1. The Hall–Kier alpha value is -3.28. The quantitative estimate of drug-likeness (QED) is 0.433. The van der Waals surface area contributed by atoms with E-state index in [1.165, 1.54) is 12.1 Å². The van der Waals surface area contributed by atoms with Crippen LogP contribution >= 0.6 is 0 Å². The Labute approximate surface area is 214 Å². The van der Waals surface area contributed by atoms with E-state index in [4.69, 9.17) is 0 Å². The minimum atomic E-state index is -4.82. The Morgan fingerprint density at radius 1 is 1.13 bits per heavy atom. The molecule has 1 N–H and O–H groups in total. The molecule has 4 heterocycles. The van der Waals surface area contributed by atoms with Crippen molar-refractivity contribution in [3.05, 3.63) is 59.2 Å². The van der Waals surface area contributed by atoms with Crippen LogP contribution in [0, 0.1) is 5.82 Å². The van der Waals surface area contributed by atoms with Gasteiger partial charge in [0.25, 0.3) is 11.8 Å². The SMILES string of the molecule is CN1CC(c2cc3c(C4CCN(C(=O)c5ccc(OC(F)(F)F)cc5)CC4)c(F)cnc3[nH]2)CC(F)(F)C1. The second kappa shape index (κ2) is 9.79. The summed E-state index contributed by atoms with van der Waals surface area (Å²) in [4.78, 5) is 23.3. The lowest BCUT2D eigenvalue weighted by Crippen LogP contribution is -2.44. The summed E-state index contributed by atoms with van der Waals surface area (Å²) in [5.41, 5.74) is 1.71. The number of ether oxygens (including phenoxy) is 1. The summed E-state index contributed by atoms with van der Waals surface area (Å²) in [6.07, 6.45) is -3.07. The van der Waals surface area contributed by atoms with Crippen LogP contribution in [-0.2, 0) is 0 Å². The fraction of sp³-hybridized carbons (Fsp3) is 0.462. The number of aromatic amines is 1. The molecule has 2 fully saturated rings. The lowest BCUT2D eigenvalue weighted by molar-refractivity contribution is -0.274. The molecule has 6 nitrogen and oxygen atoms in total. The summed E-state index contributed by atoms with van der Waals surface area (Å²) < 4.78 is 84.4. The molecule has 2 aliphatic heterocycles. The first-order valence-electron chi connectivity index (χ1n) is 12.3. The Balaban J connectivity index is 1.30. The van der Waals surface area contributed by atoms with Gasteiger partial charge in [0.2, 0.25) is 0 Å².